The molecule has 1 nitrogen and oxygen atoms in total. The highest BCUT2D eigenvalue weighted by Gasteiger charge is 2.47. The van der Waals surface area contributed by atoms with E-state index in [9.17, 15) is 0 Å². The van der Waals surface area contributed by atoms with Gasteiger partial charge in [0.2, 0.25) is 0 Å². The zero-order chi connectivity index (χ0) is 9.47. The molecular weight excluding hydrogens is 158 g/mol. The van der Waals surface area contributed by atoms with Crippen molar-refractivity contribution in [3.05, 3.63) is 0 Å². The summed E-state index contributed by atoms with van der Waals surface area (Å²) in [7, 11) is 0. The summed E-state index contributed by atoms with van der Waals surface area (Å²) in [5.74, 6) is 0. The van der Waals surface area contributed by atoms with E-state index in [0.717, 1.165) is 17.5 Å². The Morgan fingerprint density at radius 3 is 2.46 bits per heavy atom. The zero-order valence-electron chi connectivity index (χ0n) is 9.34. The molecule has 0 aromatic heterocycles. The van der Waals surface area contributed by atoms with Crippen molar-refractivity contribution in [2.45, 2.75) is 65.0 Å². The van der Waals surface area contributed by atoms with Gasteiger partial charge in [-0.15, -0.1) is 0 Å². The van der Waals surface area contributed by atoms with E-state index in [1.807, 2.05) is 0 Å². The third-order valence-electron chi connectivity index (χ3n) is 4.13. The molecular formula is C12H23N. The minimum Gasteiger partial charge on any atom is -0.298 e. The van der Waals surface area contributed by atoms with Crippen molar-refractivity contribution in [3.63, 3.8) is 0 Å². The molecule has 0 N–H and O–H groups in total. The molecule has 1 heterocycles. The molecule has 1 heteroatoms. The summed E-state index contributed by atoms with van der Waals surface area (Å²) < 4.78 is 0. The van der Waals surface area contributed by atoms with Gasteiger partial charge in [-0.3, -0.25) is 4.90 Å². The summed E-state index contributed by atoms with van der Waals surface area (Å²) in [6.45, 7) is 8.39. The molecule has 1 spiro atoms. The van der Waals surface area contributed by atoms with Crippen LogP contribution in [0.4, 0.5) is 0 Å². The average molecular weight is 181 g/mol. The smallest absolute Gasteiger partial charge is 0.0101 e. The van der Waals surface area contributed by atoms with Crippen LogP contribution >= 0.6 is 0 Å². The molecule has 0 radical (unpaired) electrons. The Kier molecular flexibility index (Phi) is 2.39. The Morgan fingerprint density at radius 2 is 2.00 bits per heavy atom. The molecule has 0 aromatic carbocycles. The fourth-order valence-electron chi connectivity index (χ4n) is 2.96. The first-order chi connectivity index (χ1) is 6.17. The summed E-state index contributed by atoms with van der Waals surface area (Å²) >= 11 is 0. The second-order valence-electron chi connectivity index (χ2n) is 5.35. The molecule has 76 valence electrons. The molecule has 0 unspecified atom stereocenters. The summed E-state index contributed by atoms with van der Waals surface area (Å²) in [4.78, 5) is 2.71. The van der Waals surface area contributed by atoms with E-state index in [2.05, 4.69) is 25.7 Å². The van der Waals surface area contributed by atoms with Gasteiger partial charge in [-0.2, -0.15) is 0 Å². The molecule has 2 fully saturated rings. The lowest BCUT2D eigenvalue weighted by Crippen LogP contribution is -2.46. The maximum Gasteiger partial charge on any atom is 0.0101 e. The molecule has 1 saturated carbocycles. The predicted molar refractivity (Wildman–Crippen MR) is 56.8 cm³/mol. The average Bonchev–Trinajstić information content (AvgIpc) is 2.84. The number of hydrogen-bond acceptors (Lipinski definition) is 1. The molecule has 1 aliphatic carbocycles. The minimum absolute atomic E-state index is 0.751. The largest absolute Gasteiger partial charge is 0.298 e. The lowest BCUT2D eigenvalue weighted by molar-refractivity contribution is 0.0703. The van der Waals surface area contributed by atoms with Crippen LogP contribution in [0.2, 0.25) is 0 Å². The molecule has 1 atom stereocenters. The van der Waals surface area contributed by atoms with Crippen molar-refractivity contribution in [3.8, 4) is 0 Å². The SMILES string of the molecule is CC[C@H]1CC2(CCN1C(C)C)CC2. The Hall–Kier alpha value is -0.0400. The van der Waals surface area contributed by atoms with Crippen LogP contribution in [0.5, 0.6) is 0 Å². The first kappa shape index (κ1) is 9.51. The third-order valence-corrected chi connectivity index (χ3v) is 4.13. The number of hydrogen-bond donors (Lipinski definition) is 0. The lowest BCUT2D eigenvalue weighted by atomic mass is 9.86. The van der Waals surface area contributed by atoms with E-state index in [1.54, 1.807) is 0 Å². The van der Waals surface area contributed by atoms with Gasteiger partial charge in [0.15, 0.2) is 0 Å². The summed E-state index contributed by atoms with van der Waals surface area (Å²) in [6, 6.07) is 1.64. The maximum atomic E-state index is 2.71. The second kappa shape index (κ2) is 3.27. The highest BCUT2D eigenvalue weighted by Crippen LogP contribution is 2.55. The summed E-state index contributed by atoms with van der Waals surface area (Å²) in [5, 5.41) is 0. The lowest BCUT2D eigenvalue weighted by Gasteiger charge is -2.42. The van der Waals surface area contributed by atoms with Crippen molar-refractivity contribution in [2.24, 2.45) is 5.41 Å². The molecule has 0 aromatic rings. The van der Waals surface area contributed by atoms with Crippen molar-refractivity contribution in [1.82, 2.24) is 4.90 Å². The molecule has 2 aliphatic rings. The fourth-order valence-corrected chi connectivity index (χ4v) is 2.96. The standard InChI is InChI=1S/C12H23N/c1-4-11-9-12(5-6-12)7-8-13(11)10(2)3/h10-11H,4-9H2,1-3H3/t11-/m0/s1. The fraction of sp³-hybridized carbons (Fsp3) is 1.00. The van der Waals surface area contributed by atoms with Crippen molar-refractivity contribution in [2.75, 3.05) is 6.54 Å². The van der Waals surface area contributed by atoms with Gasteiger partial charge in [0.1, 0.15) is 0 Å². The topological polar surface area (TPSA) is 3.24 Å². The van der Waals surface area contributed by atoms with Crippen LogP contribution in [0.3, 0.4) is 0 Å². The van der Waals surface area contributed by atoms with Crippen LogP contribution in [0.1, 0.15) is 52.9 Å². The van der Waals surface area contributed by atoms with E-state index in [1.165, 1.54) is 38.6 Å². The highest BCUT2D eigenvalue weighted by atomic mass is 15.2. The Balaban J connectivity index is 1.98. The van der Waals surface area contributed by atoms with Gasteiger partial charge < -0.3 is 0 Å². The first-order valence-electron chi connectivity index (χ1n) is 5.93. The van der Waals surface area contributed by atoms with Crippen molar-refractivity contribution >= 4 is 0 Å². The monoisotopic (exact) mass is 181 g/mol. The minimum atomic E-state index is 0.751. The van der Waals surface area contributed by atoms with Crippen molar-refractivity contribution < 1.29 is 0 Å². The van der Waals surface area contributed by atoms with Gasteiger partial charge in [0.05, 0.1) is 0 Å². The Labute approximate surface area is 82.5 Å². The number of piperidine rings is 1. The molecule has 0 bridgehead atoms. The van der Waals surface area contributed by atoms with Crippen LogP contribution in [-0.2, 0) is 0 Å². The number of nitrogens with zero attached hydrogens (tertiary/aromatic N) is 1. The Morgan fingerprint density at radius 1 is 1.31 bits per heavy atom. The van der Waals surface area contributed by atoms with Gasteiger partial charge >= 0.3 is 0 Å². The van der Waals surface area contributed by atoms with E-state index in [0.29, 0.717) is 0 Å². The van der Waals surface area contributed by atoms with Gasteiger partial charge in [-0.25, -0.2) is 0 Å². The number of rotatable bonds is 2. The van der Waals surface area contributed by atoms with E-state index in [4.69, 9.17) is 0 Å². The van der Waals surface area contributed by atoms with E-state index >= 15 is 0 Å². The molecule has 13 heavy (non-hydrogen) atoms. The molecule has 1 saturated heterocycles. The number of likely N-dealkylation sites (tertiary alicyclic amines) is 1. The molecule has 1 aliphatic heterocycles. The zero-order valence-corrected chi connectivity index (χ0v) is 9.34. The van der Waals surface area contributed by atoms with Crippen LogP contribution in [-0.4, -0.2) is 23.5 Å². The molecule has 2 rings (SSSR count). The quantitative estimate of drug-likeness (QED) is 0.633. The van der Waals surface area contributed by atoms with E-state index < -0.39 is 0 Å². The maximum absolute atomic E-state index is 2.71. The first-order valence-corrected chi connectivity index (χ1v) is 5.93. The van der Waals surface area contributed by atoms with Crippen LogP contribution in [0, 0.1) is 5.41 Å². The third kappa shape index (κ3) is 1.76. The summed E-state index contributed by atoms with van der Waals surface area (Å²) in [6.07, 6.45) is 7.36. The van der Waals surface area contributed by atoms with Crippen LogP contribution in [0.25, 0.3) is 0 Å². The second-order valence-corrected chi connectivity index (χ2v) is 5.35. The normalized spacial score (nSPS) is 32.8. The summed E-state index contributed by atoms with van der Waals surface area (Å²) in [5.41, 5.74) is 0.825. The van der Waals surface area contributed by atoms with Gasteiger partial charge in [0.25, 0.3) is 0 Å². The van der Waals surface area contributed by atoms with Gasteiger partial charge in [-0.1, -0.05) is 6.92 Å². The van der Waals surface area contributed by atoms with Crippen molar-refractivity contribution in [1.29, 1.82) is 0 Å². The van der Waals surface area contributed by atoms with E-state index in [-0.39, 0.29) is 0 Å². The molecule has 0 amide bonds. The highest BCUT2D eigenvalue weighted by molar-refractivity contribution is 5.00. The van der Waals surface area contributed by atoms with Crippen LogP contribution < -0.4 is 0 Å². The van der Waals surface area contributed by atoms with Crippen LogP contribution in [0.15, 0.2) is 0 Å². The van der Waals surface area contributed by atoms with Gasteiger partial charge in [-0.05, 0) is 57.9 Å². The predicted octanol–water partition coefficient (Wildman–Crippen LogP) is 3.05. The van der Waals surface area contributed by atoms with Gasteiger partial charge in [0, 0.05) is 12.1 Å². The Bertz CT molecular complexity index is 182.